The molecule has 2 aromatic heterocycles. The molecule has 0 radical (unpaired) electrons. The van der Waals surface area contributed by atoms with E-state index in [0.717, 1.165) is 17.9 Å². The highest BCUT2D eigenvalue weighted by Gasteiger charge is 2.48. The monoisotopic (exact) mass is 377 g/mol. The van der Waals surface area contributed by atoms with Gasteiger partial charge >= 0.3 is 0 Å². The van der Waals surface area contributed by atoms with Crippen LogP contribution in [0.5, 0.6) is 0 Å². The second-order valence-corrected chi connectivity index (χ2v) is 9.33. The summed E-state index contributed by atoms with van der Waals surface area (Å²) < 4.78 is 26.1. The van der Waals surface area contributed by atoms with Gasteiger partial charge in [-0.3, -0.25) is 9.69 Å². The van der Waals surface area contributed by atoms with Crippen LogP contribution < -0.4 is 0 Å². The number of aryl methyl sites for hydroxylation is 2. The number of likely N-dealkylation sites (N-methyl/N-ethyl adjacent to an activating group) is 1. The van der Waals surface area contributed by atoms with E-state index in [1.54, 1.807) is 15.6 Å². The van der Waals surface area contributed by atoms with Crippen LogP contribution in [0.1, 0.15) is 28.7 Å². The van der Waals surface area contributed by atoms with Crippen LogP contribution in [0.2, 0.25) is 0 Å². The van der Waals surface area contributed by atoms with Crippen molar-refractivity contribution in [1.82, 2.24) is 24.4 Å². The van der Waals surface area contributed by atoms with Gasteiger partial charge in [-0.2, -0.15) is 5.10 Å². The van der Waals surface area contributed by atoms with Crippen molar-refractivity contribution in [3.63, 3.8) is 0 Å². The van der Waals surface area contributed by atoms with Crippen LogP contribution in [0.25, 0.3) is 5.65 Å². The van der Waals surface area contributed by atoms with Crippen LogP contribution in [0, 0.1) is 13.8 Å². The first-order valence-electron chi connectivity index (χ1n) is 8.88. The van der Waals surface area contributed by atoms with E-state index >= 15 is 0 Å². The van der Waals surface area contributed by atoms with Crippen LogP contribution in [-0.2, 0) is 9.84 Å². The fourth-order valence-electron chi connectivity index (χ4n) is 4.25. The number of nitrogens with zero attached hydrogens (tertiary/aromatic N) is 5. The highest BCUT2D eigenvalue weighted by Crippen LogP contribution is 2.28. The first kappa shape index (κ1) is 17.4. The Morgan fingerprint density at radius 2 is 1.96 bits per heavy atom. The zero-order chi connectivity index (χ0) is 18.6. The summed E-state index contributed by atoms with van der Waals surface area (Å²) in [7, 11) is -3.14. The van der Waals surface area contributed by atoms with Crippen molar-refractivity contribution >= 4 is 21.4 Å². The molecule has 26 heavy (non-hydrogen) atoms. The summed E-state index contributed by atoms with van der Waals surface area (Å²) in [5.41, 5.74) is 2.69. The third kappa shape index (κ3) is 2.69. The second kappa shape index (κ2) is 6.02. The Morgan fingerprint density at radius 3 is 2.69 bits per heavy atom. The molecule has 140 valence electrons. The second-order valence-electron chi connectivity index (χ2n) is 7.17. The molecular formula is C17H23N5O3S. The molecule has 1 amide bonds. The SMILES string of the molecule is CCN1CCN(C(=O)c2cnn3c(C)cc(C)nc23)[C@@H]2CS(=O)(=O)C[C@@H]21. The van der Waals surface area contributed by atoms with E-state index in [2.05, 4.69) is 15.0 Å². The number of hydrogen-bond donors (Lipinski definition) is 0. The Labute approximate surface area is 152 Å². The number of aromatic nitrogens is 3. The molecule has 0 unspecified atom stereocenters. The molecule has 2 aliphatic rings. The molecule has 2 aliphatic heterocycles. The zero-order valence-corrected chi connectivity index (χ0v) is 16.0. The van der Waals surface area contributed by atoms with Gasteiger partial charge in [0.2, 0.25) is 0 Å². The molecular weight excluding hydrogens is 354 g/mol. The molecule has 0 bridgehead atoms. The molecule has 2 atom stereocenters. The van der Waals surface area contributed by atoms with Crippen molar-refractivity contribution in [3.05, 3.63) is 29.2 Å². The number of hydrogen-bond acceptors (Lipinski definition) is 6. The van der Waals surface area contributed by atoms with E-state index in [-0.39, 0.29) is 29.5 Å². The fraction of sp³-hybridized carbons (Fsp3) is 0.588. The minimum atomic E-state index is -3.14. The highest BCUT2D eigenvalue weighted by atomic mass is 32.2. The lowest BCUT2D eigenvalue weighted by molar-refractivity contribution is 0.0351. The zero-order valence-electron chi connectivity index (χ0n) is 15.2. The van der Waals surface area contributed by atoms with Crippen LogP contribution in [0.15, 0.2) is 12.3 Å². The lowest BCUT2D eigenvalue weighted by Crippen LogP contribution is -2.60. The topological polar surface area (TPSA) is 87.9 Å². The summed E-state index contributed by atoms with van der Waals surface area (Å²) in [6, 6.07) is 1.48. The Bertz CT molecular complexity index is 984. The Balaban J connectivity index is 1.73. The molecule has 2 fully saturated rings. The number of fused-ring (bicyclic) bond motifs is 2. The average molecular weight is 377 g/mol. The molecule has 0 aromatic carbocycles. The van der Waals surface area contributed by atoms with Crippen molar-refractivity contribution < 1.29 is 13.2 Å². The lowest BCUT2D eigenvalue weighted by Gasteiger charge is -2.43. The smallest absolute Gasteiger partial charge is 0.259 e. The molecule has 0 aliphatic carbocycles. The molecule has 2 aromatic rings. The van der Waals surface area contributed by atoms with Crippen LogP contribution in [0.4, 0.5) is 0 Å². The van der Waals surface area contributed by atoms with Crippen molar-refractivity contribution in [3.8, 4) is 0 Å². The largest absolute Gasteiger partial charge is 0.332 e. The minimum Gasteiger partial charge on any atom is -0.332 e. The van der Waals surface area contributed by atoms with E-state index in [1.807, 2.05) is 26.8 Å². The van der Waals surface area contributed by atoms with Gasteiger partial charge in [-0.05, 0) is 26.5 Å². The van der Waals surface area contributed by atoms with Gasteiger partial charge in [-0.1, -0.05) is 6.92 Å². The van der Waals surface area contributed by atoms with E-state index in [1.165, 1.54) is 0 Å². The van der Waals surface area contributed by atoms with Gasteiger partial charge in [0, 0.05) is 30.5 Å². The van der Waals surface area contributed by atoms with E-state index in [9.17, 15) is 13.2 Å². The predicted molar refractivity (Wildman–Crippen MR) is 97.0 cm³/mol. The summed E-state index contributed by atoms with van der Waals surface area (Å²) >= 11 is 0. The van der Waals surface area contributed by atoms with E-state index in [0.29, 0.717) is 24.3 Å². The Hall–Kier alpha value is -2.00. The summed E-state index contributed by atoms with van der Waals surface area (Å²) in [4.78, 5) is 21.6. The molecule has 0 N–H and O–H groups in total. The number of sulfone groups is 1. The molecule has 4 heterocycles. The quantitative estimate of drug-likeness (QED) is 0.748. The fourth-order valence-corrected chi connectivity index (χ4v) is 6.26. The van der Waals surface area contributed by atoms with Gasteiger partial charge < -0.3 is 4.90 Å². The third-order valence-electron chi connectivity index (χ3n) is 5.47. The number of carbonyl (C=O) groups excluding carboxylic acids is 1. The Kier molecular flexibility index (Phi) is 4.03. The average Bonchev–Trinajstić information content (AvgIpc) is 3.12. The lowest BCUT2D eigenvalue weighted by atomic mass is 10.0. The third-order valence-corrected chi connectivity index (χ3v) is 7.17. The molecule has 9 heteroatoms. The number of rotatable bonds is 2. The number of carbonyl (C=O) groups is 1. The molecule has 2 saturated heterocycles. The maximum absolute atomic E-state index is 13.3. The maximum Gasteiger partial charge on any atom is 0.259 e. The van der Waals surface area contributed by atoms with Crippen molar-refractivity contribution in [1.29, 1.82) is 0 Å². The van der Waals surface area contributed by atoms with E-state index in [4.69, 9.17) is 0 Å². The van der Waals surface area contributed by atoms with Crippen molar-refractivity contribution in [2.24, 2.45) is 0 Å². The van der Waals surface area contributed by atoms with Crippen molar-refractivity contribution in [2.75, 3.05) is 31.1 Å². The first-order chi connectivity index (χ1) is 12.3. The standard InChI is InChI=1S/C17H23N5O3S/c1-4-20-5-6-21(15-10-26(24,25)9-14(15)20)17(23)13-8-18-22-12(3)7-11(2)19-16(13)22/h7-8,14-15H,4-6,9-10H2,1-3H3/t14-,15+/m0/s1. The Morgan fingerprint density at radius 1 is 1.23 bits per heavy atom. The number of amides is 1. The van der Waals surface area contributed by atoms with Crippen LogP contribution in [-0.4, -0.2) is 81.9 Å². The van der Waals surface area contributed by atoms with E-state index < -0.39 is 9.84 Å². The normalized spacial score (nSPS) is 25.6. The van der Waals surface area contributed by atoms with Crippen molar-refractivity contribution in [2.45, 2.75) is 32.9 Å². The highest BCUT2D eigenvalue weighted by molar-refractivity contribution is 7.91. The van der Waals surface area contributed by atoms with Crippen LogP contribution in [0.3, 0.4) is 0 Å². The van der Waals surface area contributed by atoms with Gasteiger partial charge in [0.15, 0.2) is 15.5 Å². The summed E-state index contributed by atoms with van der Waals surface area (Å²) in [5, 5.41) is 4.30. The summed E-state index contributed by atoms with van der Waals surface area (Å²) in [6.45, 7) is 7.82. The molecule has 0 saturated carbocycles. The summed E-state index contributed by atoms with van der Waals surface area (Å²) in [5.74, 6) is -0.0224. The number of piperazine rings is 1. The van der Waals surface area contributed by atoms with Gasteiger partial charge in [0.25, 0.3) is 5.91 Å². The molecule has 0 spiro atoms. The van der Waals surface area contributed by atoms with Crippen LogP contribution >= 0.6 is 0 Å². The van der Waals surface area contributed by atoms with Gasteiger partial charge in [-0.25, -0.2) is 17.9 Å². The maximum atomic E-state index is 13.3. The first-order valence-corrected chi connectivity index (χ1v) is 10.7. The minimum absolute atomic E-state index is 0.0323. The summed E-state index contributed by atoms with van der Waals surface area (Å²) in [6.07, 6.45) is 1.54. The molecule has 4 rings (SSSR count). The van der Waals surface area contributed by atoms with Gasteiger partial charge in [0.1, 0.15) is 5.56 Å². The predicted octanol–water partition coefficient (Wildman–Crippen LogP) is 0.289. The van der Waals surface area contributed by atoms with Gasteiger partial charge in [0.05, 0.1) is 23.7 Å². The molecule has 8 nitrogen and oxygen atoms in total. The van der Waals surface area contributed by atoms with Gasteiger partial charge in [-0.15, -0.1) is 0 Å².